The molecule has 0 aliphatic carbocycles. The summed E-state index contributed by atoms with van der Waals surface area (Å²) in [5.41, 5.74) is 2.79. The summed E-state index contributed by atoms with van der Waals surface area (Å²) in [4.78, 5) is 95.1. The van der Waals surface area contributed by atoms with Crippen LogP contribution in [-0.2, 0) is 23.7 Å². The van der Waals surface area contributed by atoms with Gasteiger partial charge in [-0.05, 0) is 157 Å². The summed E-state index contributed by atoms with van der Waals surface area (Å²) in [6.45, 7) is 22.5. The molecular weight excluding hydrogens is 1820 g/mol. The molecule has 16 N–H and O–H groups in total. The van der Waals surface area contributed by atoms with Crippen LogP contribution in [0.15, 0.2) is 44.8 Å². The topological polar surface area (TPSA) is 547 Å². The van der Waals surface area contributed by atoms with Gasteiger partial charge in [0.15, 0.2) is 79.1 Å². The Kier molecular flexibility index (Phi) is 33.6. The molecule has 5 aliphatic heterocycles. The van der Waals surface area contributed by atoms with E-state index in [-0.39, 0.29) is 44.8 Å². The minimum Gasteiger partial charge on any atom is -0.388 e. The average Bonchev–Trinajstić information content (AvgIpc) is 1.59. The third kappa shape index (κ3) is 25.0. The molecule has 15 rings (SSSR count). The highest BCUT2D eigenvalue weighted by molar-refractivity contribution is 7.99. The van der Waals surface area contributed by atoms with E-state index < -0.39 is 157 Å². The van der Waals surface area contributed by atoms with Crippen LogP contribution in [0.4, 0.5) is 11.9 Å². The van der Waals surface area contributed by atoms with E-state index in [0.717, 1.165) is 55.8 Å². The van der Waals surface area contributed by atoms with E-state index in [9.17, 15) is 65.4 Å². The molecule has 714 valence electrons. The molecule has 5 saturated heterocycles. The molecule has 48 heteroatoms. The van der Waals surface area contributed by atoms with Crippen molar-refractivity contribution in [1.82, 2.24) is 97.6 Å². The van der Waals surface area contributed by atoms with E-state index in [2.05, 4.69) is 185 Å². The van der Waals surface area contributed by atoms with E-state index in [1.54, 1.807) is 73.2 Å². The first kappa shape index (κ1) is 103. The summed E-state index contributed by atoms with van der Waals surface area (Å²) in [5.74, 6) is 3.27. The molecule has 129 heavy (non-hydrogen) atoms. The van der Waals surface area contributed by atoms with E-state index in [0.29, 0.717) is 104 Å². The van der Waals surface area contributed by atoms with Crippen molar-refractivity contribution in [2.45, 2.75) is 207 Å². The highest BCUT2D eigenvalue weighted by Crippen LogP contribution is 2.46. The molecule has 20 atom stereocenters. The summed E-state index contributed by atoms with van der Waals surface area (Å²) in [7, 11) is 5.15. The van der Waals surface area contributed by atoms with Crippen molar-refractivity contribution in [3.8, 4) is 0 Å². The molecule has 10 aromatic rings. The summed E-state index contributed by atoms with van der Waals surface area (Å²) >= 11 is 12.0. The van der Waals surface area contributed by atoms with Crippen molar-refractivity contribution in [3.63, 3.8) is 0 Å². The summed E-state index contributed by atoms with van der Waals surface area (Å²) in [5, 5.41) is 108. The molecule has 0 aromatic carbocycles. The van der Waals surface area contributed by atoms with Gasteiger partial charge in [-0.15, -0.1) is 65.9 Å². The number of nitrogens with zero attached hydrogens (tertiary/aromatic N) is 16. The number of hydrogen-bond donors (Lipinski definition) is 16. The Morgan fingerprint density at radius 1 is 0.419 bits per heavy atom. The summed E-state index contributed by atoms with van der Waals surface area (Å²) < 4.78 is 38.7. The minimum atomic E-state index is -1.28. The zero-order chi connectivity index (χ0) is 94.9. The number of rotatable bonds is 27. The van der Waals surface area contributed by atoms with E-state index in [4.69, 9.17) is 48.1 Å². The maximum Gasteiger partial charge on any atom is 0.280 e. The molecule has 40 nitrogen and oxygen atoms in total. The highest BCUT2D eigenvalue weighted by atomic mass is 32.2. The van der Waals surface area contributed by atoms with Gasteiger partial charge in [-0.1, -0.05) is 56.0 Å². The molecule has 15 heterocycles. The number of aromatic amines is 5. The largest absolute Gasteiger partial charge is 0.388 e. The first-order valence-electron chi connectivity index (χ1n) is 42.5. The van der Waals surface area contributed by atoms with Gasteiger partial charge in [0.1, 0.15) is 101 Å². The Morgan fingerprint density at radius 3 is 1.11 bits per heavy atom. The molecule has 0 bridgehead atoms. The van der Waals surface area contributed by atoms with Crippen LogP contribution in [-0.4, -0.2) is 396 Å². The number of nitrogens with one attached hydrogen (secondary N) is 6. The molecule has 0 saturated carbocycles. The fraction of sp³-hybridized carbons (Fsp3) is 0.630. The van der Waals surface area contributed by atoms with Crippen LogP contribution in [0.5, 0.6) is 0 Å². The second kappa shape index (κ2) is 42.1. The number of thioether (sulfide) groups is 1. The van der Waals surface area contributed by atoms with Gasteiger partial charge in [-0.2, -0.15) is 9.97 Å². The van der Waals surface area contributed by atoms with Crippen molar-refractivity contribution < 1.29 is 74.7 Å². The first-order chi connectivity index (χ1) is 60.2. The van der Waals surface area contributed by atoms with Crippen molar-refractivity contribution in [2.24, 2.45) is 0 Å². The summed E-state index contributed by atoms with van der Waals surface area (Å²) in [6, 6.07) is 0. The lowest BCUT2D eigenvalue weighted by atomic mass is 10.1. The Morgan fingerprint density at radius 2 is 0.744 bits per heavy atom. The molecular formula is C81H129N22O18P5S3. The molecule has 0 amide bonds. The molecule has 0 radical (unpaired) electrons. The Bertz CT molecular complexity index is 6040. The highest BCUT2D eigenvalue weighted by Gasteiger charge is 2.50. The van der Waals surface area contributed by atoms with E-state index in [1.165, 1.54) is 33.6 Å². The van der Waals surface area contributed by atoms with Crippen LogP contribution in [0.2, 0.25) is 0 Å². The lowest BCUT2D eigenvalue weighted by Crippen LogP contribution is -2.32. The van der Waals surface area contributed by atoms with Crippen molar-refractivity contribution in [3.05, 3.63) is 83.1 Å². The molecule has 0 spiro atoms. The second-order valence-electron chi connectivity index (χ2n) is 37.2. The molecule has 5 aliphatic rings. The number of H-pyrrole nitrogens is 5. The Hall–Kier alpha value is -6.56. The first-order valence-corrected chi connectivity index (χ1v) is 59.6. The van der Waals surface area contributed by atoms with Crippen LogP contribution in [0.3, 0.4) is 0 Å². The fourth-order valence-corrected chi connectivity index (χ4v) is 21.7. The number of aromatic nitrogens is 20. The Labute approximate surface area is 762 Å². The normalized spacial score (nSPS) is 26.7. The lowest BCUT2D eigenvalue weighted by molar-refractivity contribution is -0.0400. The number of aliphatic hydroxyl groups excluding tert-OH is 10. The summed E-state index contributed by atoms with van der Waals surface area (Å²) in [6.07, 6.45) is 20.9. The van der Waals surface area contributed by atoms with Crippen molar-refractivity contribution in [2.75, 3.05) is 135 Å². The third-order valence-electron chi connectivity index (χ3n) is 22.4. The van der Waals surface area contributed by atoms with Crippen LogP contribution >= 0.6 is 70.6 Å². The quantitative estimate of drug-likeness (QED) is 0.0135. The second-order valence-corrected chi connectivity index (χ2v) is 60.6. The monoisotopic (exact) mass is 1950 g/mol. The number of ether oxygens (including phenoxy) is 5. The van der Waals surface area contributed by atoms with Crippen molar-refractivity contribution >= 4 is 170 Å². The van der Waals surface area contributed by atoms with Gasteiger partial charge in [-0.25, -0.2) is 39.9 Å². The number of anilines is 2. The zero-order valence-electron chi connectivity index (χ0n) is 76.1. The standard InChI is InChI=1S/C20H33N4O4PS.C16H26N5O4P.C15H24N5O4P.2C15H23N4O3PS/c1-6-7-8-11-30-20-23-14-17(21-12(2)22-18(14)27)24(20)19-16(26)15(25)13(28-19)9-10-29(3,4)5;1-20(2)16-18-13-10(14(24)19-16)17-8-21(13)15-12(23)11(22)9(25-15)6-7-26(3,4)5;1-16-15-18-12-9(13(23)19-15)17-7-20(12)14-11(22)10(21)8(24-14)5-6-25(2,3)4;2*1-8-17-13-10(14(24)18-8)16-7-19(13)15-12(21)11(20)9(22-15)5-6-23(2,3)4/h13,15-16,19,25-26H,3,6-11H2,1-2,4-5H3,(H,21,22,27);8-9,11-12,15,22-23H,3,6-7H2,1-2,4-5H3,(H,18,19,24);7-8,10-11,14,21-22H,2,5-6H2,1,3-4H3,(H2,16,18,19,23);2*7,9,11-12,15,20-21H,2,5-6H2,1,3-4H3,(H,17,18,24)/t13-,15-,16-,19-;9-,11-,12-,15-;8-,10-,11-,14-;2*9-,11-,12-,15-/m11111/s1. The van der Waals surface area contributed by atoms with Gasteiger partial charge in [0.05, 0.1) is 55.8 Å². The van der Waals surface area contributed by atoms with Crippen LogP contribution in [0.25, 0.3) is 55.8 Å². The number of unbranched alkanes of at least 4 members (excludes halogenated alkanes) is 2. The van der Waals surface area contributed by atoms with Gasteiger partial charge < -0.3 is 99.9 Å². The lowest BCUT2D eigenvalue weighted by Gasteiger charge is -2.20. The maximum atomic E-state index is 12.4. The van der Waals surface area contributed by atoms with Gasteiger partial charge in [0, 0.05) is 26.9 Å². The maximum absolute atomic E-state index is 12.4. The molecule has 10 aromatic heterocycles. The predicted molar refractivity (Wildman–Crippen MR) is 525 cm³/mol. The fourth-order valence-electron chi connectivity index (χ4n) is 15.3. The van der Waals surface area contributed by atoms with Crippen LogP contribution < -0.4 is 26.9 Å². The Balaban J connectivity index is 0.000000156. The number of imidazole rings is 5. The number of hydrogen-bond acceptors (Lipinski definition) is 33. The molecule has 5 fully saturated rings. The number of aliphatic hydroxyl groups is 10. The van der Waals surface area contributed by atoms with Crippen LogP contribution in [0, 0.1) is 30.1 Å². The van der Waals surface area contributed by atoms with Gasteiger partial charge in [-0.3, -0.25) is 47.2 Å². The van der Waals surface area contributed by atoms with Gasteiger partial charge in [0.25, 0.3) is 16.7 Å². The number of fused-ring (bicyclic) bond motifs is 5. The minimum absolute atomic E-state index is 0.151. The smallest absolute Gasteiger partial charge is 0.280 e. The van der Waals surface area contributed by atoms with Gasteiger partial charge in [0.2, 0.25) is 11.9 Å². The van der Waals surface area contributed by atoms with E-state index in [1.807, 2.05) is 0 Å². The van der Waals surface area contributed by atoms with E-state index >= 15 is 0 Å². The predicted octanol–water partition coefficient (Wildman–Crippen LogP) is 5.24. The van der Waals surface area contributed by atoms with Crippen molar-refractivity contribution in [1.29, 1.82) is 0 Å². The SMILES string of the molecule is C=P(C)(C)CC[C@H]1O[C@@H](n2c(SCCCCC)nc3c(=O)[nH]c(C)nc32)[C@H](O)[C@@H]1O.C=P(C)(C)CC[C@H]1O[C@@H](n2cnc3c(=O)[nH]c(N(C)C)nc32)[C@H](O)[C@@H]1O.C=P(C)(C)CC[C@H]1O[C@@H](n2cnc3c(=O)[nH]c(NC)nc32)[C@H](O)[C@@H]1O.C=P(C)(C)CC[C@H]1O[C@@H](n2cnc3c(=S)nc(C)[nH]c32)[C@H](O)[C@@H]1O.C=P(C)(C)CC[C@H]1O[C@@H](n2cnc3c(=S)nc(C)[nH]c32)[C@H](O)[C@@H]1O. The zero-order valence-corrected chi connectivity index (χ0v) is 83.1. The third-order valence-corrected chi connectivity index (χ3v) is 31.3. The van der Waals surface area contributed by atoms with Gasteiger partial charge >= 0.3 is 0 Å². The molecule has 0 unspecified atom stereocenters. The van der Waals surface area contributed by atoms with Crippen LogP contribution in [0.1, 0.15) is 107 Å². The average molecular weight is 1950 g/mol. The number of aryl methyl sites for hydroxylation is 3.